The summed E-state index contributed by atoms with van der Waals surface area (Å²) >= 11 is 0. The average molecular weight is 258 g/mol. The van der Waals surface area contributed by atoms with Crippen LogP contribution in [0.25, 0.3) is 10.9 Å². The number of hydrogen-bond donors (Lipinski definition) is 1. The van der Waals surface area contributed by atoms with E-state index in [1.165, 1.54) is 7.11 Å². The number of aromatic nitrogens is 1. The van der Waals surface area contributed by atoms with Gasteiger partial charge in [-0.15, -0.1) is 0 Å². The minimum Gasteiger partial charge on any atom is -0.468 e. The highest BCUT2D eigenvalue weighted by Crippen LogP contribution is 2.18. The van der Waals surface area contributed by atoms with Crippen LogP contribution in [0.2, 0.25) is 0 Å². The van der Waals surface area contributed by atoms with Crippen LogP contribution in [0, 0.1) is 6.92 Å². The molecule has 1 N–H and O–H groups in total. The number of fused-ring (bicyclic) bond motifs is 1. The predicted octanol–water partition coefficient (Wildman–Crippen LogP) is 2.19. The van der Waals surface area contributed by atoms with Crippen molar-refractivity contribution in [2.75, 3.05) is 7.11 Å². The monoisotopic (exact) mass is 258 g/mol. The van der Waals surface area contributed by atoms with Crippen molar-refractivity contribution >= 4 is 16.9 Å². The van der Waals surface area contributed by atoms with Crippen LogP contribution in [0.1, 0.15) is 18.2 Å². The van der Waals surface area contributed by atoms with Gasteiger partial charge in [-0.2, -0.15) is 0 Å². The number of rotatable bonds is 4. The molecule has 0 saturated carbocycles. The molecule has 4 heteroatoms. The number of aryl methyl sites for hydroxylation is 1. The molecule has 2 rings (SSSR count). The van der Waals surface area contributed by atoms with E-state index in [9.17, 15) is 4.79 Å². The molecule has 100 valence electrons. The van der Waals surface area contributed by atoms with Crippen molar-refractivity contribution < 1.29 is 9.53 Å². The van der Waals surface area contributed by atoms with Gasteiger partial charge in [0.2, 0.25) is 0 Å². The van der Waals surface area contributed by atoms with Gasteiger partial charge >= 0.3 is 5.97 Å². The van der Waals surface area contributed by atoms with Crippen LogP contribution in [0.4, 0.5) is 0 Å². The zero-order chi connectivity index (χ0) is 13.8. The van der Waals surface area contributed by atoms with Gasteiger partial charge in [0.15, 0.2) is 0 Å². The van der Waals surface area contributed by atoms with Crippen molar-refractivity contribution in [2.45, 2.75) is 26.4 Å². The Kier molecular flexibility index (Phi) is 4.12. The Morgan fingerprint density at radius 1 is 1.42 bits per heavy atom. The first-order valence-electron chi connectivity index (χ1n) is 6.28. The molecule has 1 aromatic carbocycles. The lowest BCUT2D eigenvalue weighted by Crippen LogP contribution is -2.34. The number of carbonyl (C=O) groups is 1. The Morgan fingerprint density at radius 3 is 2.89 bits per heavy atom. The van der Waals surface area contributed by atoms with Crippen molar-refractivity contribution in [1.29, 1.82) is 0 Å². The van der Waals surface area contributed by atoms with E-state index in [0.717, 1.165) is 22.2 Å². The van der Waals surface area contributed by atoms with Crippen molar-refractivity contribution in [1.82, 2.24) is 10.3 Å². The maximum absolute atomic E-state index is 11.4. The van der Waals surface area contributed by atoms with Gasteiger partial charge < -0.3 is 10.1 Å². The summed E-state index contributed by atoms with van der Waals surface area (Å²) in [6.07, 6.45) is 0. The molecule has 0 amide bonds. The summed E-state index contributed by atoms with van der Waals surface area (Å²) in [6, 6.07) is 9.73. The minimum absolute atomic E-state index is 0.255. The summed E-state index contributed by atoms with van der Waals surface area (Å²) in [6.45, 7) is 4.38. The van der Waals surface area contributed by atoms with Crippen LogP contribution in [-0.2, 0) is 16.1 Å². The zero-order valence-electron chi connectivity index (χ0n) is 11.4. The van der Waals surface area contributed by atoms with E-state index in [-0.39, 0.29) is 12.0 Å². The van der Waals surface area contributed by atoms with Gasteiger partial charge in [0.25, 0.3) is 0 Å². The minimum atomic E-state index is -0.322. The van der Waals surface area contributed by atoms with Crippen LogP contribution in [0.3, 0.4) is 0 Å². The quantitative estimate of drug-likeness (QED) is 0.854. The van der Waals surface area contributed by atoms with Crippen molar-refractivity contribution in [3.63, 3.8) is 0 Å². The third-order valence-corrected chi connectivity index (χ3v) is 3.08. The molecular weight excluding hydrogens is 240 g/mol. The van der Waals surface area contributed by atoms with Crippen LogP contribution in [0.5, 0.6) is 0 Å². The number of benzene rings is 1. The summed E-state index contributed by atoms with van der Waals surface area (Å²) in [4.78, 5) is 15.9. The molecular formula is C15H18N2O2. The number of carbonyl (C=O) groups excluding carboxylic acids is 1. The molecule has 0 aliphatic heterocycles. The van der Waals surface area contributed by atoms with Crippen molar-refractivity contribution in [3.05, 3.63) is 41.6 Å². The fraction of sp³-hybridized carbons (Fsp3) is 0.333. The highest BCUT2D eigenvalue weighted by atomic mass is 16.5. The molecule has 1 heterocycles. The highest BCUT2D eigenvalue weighted by molar-refractivity contribution is 5.82. The van der Waals surface area contributed by atoms with E-state index in [1.54, 1.807) is 6.92 Å². The summed E-state index contributed by atoms with van der Waals surface area (Å²) in [5, 5.41) is 4.28. The largest absolute Gasteiger partial charge is 0.468 e. The number of methoxy groups -OCH3 is 1. The number of para-hydroxylation sites is 1. The second-order valence-electron chi connectivity index (χ2n) is 4.57. The smallest absolute Gasteiger partial charge is 0.322 e. The lowest BCUT2D eigenvalue weighted by molar-refractivity contribution is -0.142. The second kappa shape index (κ2) is 5.80. The maximum atomic E-state index is 11.4. The van der Waals surface area contributed by atoms with Gasteiger partial charge in [-0.25, -0.2) is 0 Å². The number of nitrogens with one attached hydrogen (secondary N) is 1. The number of esters is 1. The molecule has 1 atom stereocenters. The van der Waals surface area contributed by atoms with E-state index in [1.807, 2.05) is 37.3 Å². The molecule has 0 saturated heterocycles. The number of ether oxygens (including phenoxy) is 1. The van der Waals surface area contributed by atoms with Gasteiger partial charge in [0.05, 0.1) is 12.6 Å². The topological polar surface area (TPSA) is 51.2 Å². The molecule has 0 radical (unpaired) electrons. The molecule has 1 unspecified atom stereocenters. The van der Waals surface area contributed by atoms with Crippen LogP contribution in [0.15, 0.2) is 30.3 Å². The van der Waals surface area contributed by atoms with Gasteiger partial charge in [-0.1, -0.05) is 18.2 Å². The van der Waals surface area contributed by atoms with Gasteiger partial charge in [-0.05, 0) is 31.5 Å². The number of nitrogens with zero attached hydrogens (tertiary/aromatic N) is 1. The SMILES string of the molecule is COC(=O)C(C)NCc1cc(C)nc2ccccc12. The van der Waals surface area contributed by atoms with Gasteiger partial charge in [-0.3, -0.25) is 9.78 Å². The lowest BCUT2D eigenvalue weighted by atomic mass is 10.1. The van der Waals surface area contributed by atoms with E-state index in [2.05, 4.69) is 10.3 Å². The van der Waals surface area contributed by atoms with Crippen LogP contribution >= 0.6 is 0 Å². The summed E-state index contributed by atoms with van der Waals surface area (Å²) < 4.78 is 4.70. The Bertz CT molecular complexity index is 596. The molecule has 1 aromatic heterocycles. The number of pyridine rings is 1. The fourth-order valence-electron chi connectivity index (χ4n) is 2.06. The lowest BCUT2D eigenvalue weighted by Gasteiger charge is -2.13. The molecule has 0 bridgehead atoms. The van der Waals surface area contributed by atoms with Crippen LogP contribution < -0.4 is 5.32 Å². The first-order valence-corrected chi connectivity index (χ1v) is 6.28. The molecule has 0 aliphatic carbocycles. The van der Waals surface area contributed by atoms with Gasteiger partial charge in [0.1, 0.15) is 6.04 Å². The van der Waals surface area contributed by atoms with E-state index < -0.39 is 0 Å². The Balaban J connectivity index is 2.23. The molecule has 0 spiro atoms. The molecule has 2 aromatic rings. The molecule has 4 nitrogen and oxygen atoms in total. The standard InChI is InChI=1S/C15H18N2O2/c1-10-8-12(9-16-11(2)15(18)19-3)13-6-4-5-7-14(13)17-10/h4-8,11,16H,9H2,1-3H3. The zero-order valence-corrected chi connectivity index (χ0v) is 11.4. The fourth-order valence-corrected chi connectivity index (χ4v) is 2.06. The molecule has 0 fully saturated rings. The van der Waals surface area contributed by atoms with E-state index in [0.29, 0.717) is 6.54 Å². The van der Waals surface area contributed by atoms with Crippen molar-refractivity contribution in [2.24, 2.45) is 0 Å². The van der Waals surface area contributed by atoms with Crippen LogP contribution in [-0.4, -0.2) is 24.1 Å². The number of hydrogen-bond acceptors (Lipinski definition) is 4. The summed E-state index contributed by atoms with van der Waals surface area (Å²) in [7, 11) is 1.40. The maximum Gasteiger partial charge on any atom is 0.322 e. The second-order valence-corrected chi connectivity index (χ2v) is 4.57. The molecule has 0 aliphatic rings. The van der Waals surface area contributed by atoms with E-state index in [4.69, 9.17) is 4.74 Å². The van der Waals surface area contributed by atoms with E-state index >= 15 is 0 Å². The van der Waals surface area contributed by atoms with Crippen molar-refractivity contribution in [3.8, 4) is 0 Å². The third-order valence-electron chi connectivity index (χ3n) is 3.08. The Hall–Kier alpha value is -1.94. The highest BCUT2D eigenvalue weighted by Gasteiger charge is 2.12. The van der Waals surface area contributed by atoms with Gasteiger partial charge in [0, 0.05) is 17.6 Å². The first-order chi connectivity index (χ1) is 9.11. The Labute approximate surface area is 112 Å². The Morgan fingerprint density at radius 2 is 2.16 bits per heavy atom. The average Bonchev–Trinajstić information content (AvgIpc) is 2.43. The summed E-state index contributed by atoms with van der Waals surface area (Å²) in [5.74, 6) is -0.255. The predicted molar refractivity (Wildman–Crippen MR) is 74.8 cm³/mol. The first kappa shape index (κ1) is 13.5. The summed E-state index contributed by atoms with van der Waals surface area (Å²) in [5.41, 5.74) is 3.09. The molecule has 19 heavy (non-hydrogen) atoms. The third kappa shape index (κ3) is 3.09. The normalized spacial score (nSPS) is 12.4.